The normalized spacial score (nSPS) is 23.7. The van der Waals surface area contributed by atoms with E-state index in [1.165, 1.54) is 0 Å². The van der Waals surface area contributed by atoms with Gasteiger partial charge < -0.3 is 18.9 Å². The third-order valence-electron chi connectivity index (χ3n) is 6.55. The lowest BCUT2D eigenvalue weighted by atomic mass is 9.86. The lowest BCUT2D eigenvalue weighted by molar-refractivity contribution is -0.158. The van der Waals surface area contributed by atoms with E-state index in [9.17, 15) is 5.26 Å². The second-order valence-electron chi connectivity index (χ2n) is 8.83. The average Bonchev–Trinajstić information content (AvgIpc) is 3.20. The molecule has 0 spiro atoms. The first-order chi connectivity index (χ1) is 17.2. The average molecular weight is 472 g/mol. The van der Waals surface area contributed by atoms with Crippen LogP contribution in [0.25, 0.3) is 0 Å². The van der Waals surface area contributed by atoms with Gasteiger partial charge in [-0.15, -0.1) is 0 Å². The summed E-state index contributed by atoms with van der Waals surface area (Å²) < 4.78 is 25.7. The molecule has 4 rings (SSSR count). The van der Waals surface area contributed by atoms with Gasteiger partial charge in [-0.1, -0.05) is 97.9 Å². The molecule has 1 heterocycles. The van der Waals surface area contributed by atoms with Crippen molar-refractivity contribution in [3.8, 4) is 6.07 Å². The summed E-state index contributed by atoms with van der Waals surface area (Å²) in [7, 11) is 0. The molecule has 4 atom stereocenters. The minimum atomic E-state index is -0.763. The molecular weight excluding hydrogens is 438 g/mol. The van der Waals surface area contributed by atoms with Crippen molar-refractivity contribution in [2.24, 2.45) is 0 Å². The number of ether oxygens (including phenoxy) is 4. The minimum absolute atomic E-state index is 0.225. The Hall–Kier alpha value is -3.01. The summed E-state index contributed by atoms with van der Waals surface area (Å²) >= 11 is 0. The molecular formula is C30H33NO4. The molecule has 5 nitrogen and oxygen atoms in total. The van der Waals surface area contributed by atoms with Gasteiger partial charge in [0.1, 0.15) is 23.9 Å². The zero-order valence-corrected chi connectivity index (χ0v) is 20.2. The number of nitrogens with zero attached hydrogens (tertiary/aromatic N) is 1. The molecule has 182 valence electrons. The molecule has 0 aliphatic carbocycles. The van der Waals surface area contributed by atoms with Gasteiger partial charge >= 0.3 is 0 Å². The molecule has 1 saturated heterocycles. The van der Waals surface area contributed by atoms with Gasteiger partial charge in [-0.25, -0.2) is 0 Å². The molecule has 35 heavy (non-hydrogen) atoms. The number of hydrogen-bond donors (Lipinski definition) is 0. The standard InChI is InChI=1S/C30H33NO4/c1-2-30(34-22-26-16-10-5-11-17-26)28(18-19-31)35-27(23-32-20-24-12-6-3-7-13-24)29(30)33-21-25-14-8-4-9-15-25/h3-17,27-29H,2,18,20-23H2,1H3. The van der Waals surface area contributed by atoms with Gasteiger partial charge in [-0.2, -0.15) is 5.26 Å². The quantitative estimate of drug-likeness (QED) is 0.332. The summed E-state index contributed by atoms with van der Waals surface area (Å²) in [5, 5.41) is 9.59. The number of rotatable bonds is 12. The third kappa shape index (κ3) is 6.36. The van der Waals surface area contributed by atoms with Crippen molar-refractivity contribution in [3.05, 3.63) is 108 Å². The van der Waals surface area contributed by atoms with Gasteiger partial charge in [-0.3, -0.25) is 0 Å². The van der Waals surface area contributed by atoms with E-state index in [-0.39, 0.29) is 18.6 Å². The van der Waals surface area contributed by atoms with Crippen LogP contribution in [0.4, 0.5) is 0 Å². The molecule has 3 aromatic rings. The van der Waals surface area contributed by atoms with Crippen LogP contribution in [0.1, 0.15) is 36.5 Å². The first-order valence-corrected chi connectivity index (χ1v) is 12.2. The SMILES string of the molecule is CCC1(OCc2ccccc2)C(CC#N)OC(COCc2ccccc2)C1OCc1ccccc1. The van der Waals surface area contributed by atoms with Crippen molar-refractivity contribution < 1.29 is 18.9 Å². The fraction of sp³-hybridized carbons (Fsp3) is 0.367. The molecule has 0 saturated carbocycles. The van der Waals surface area contributed by atoms with Gasteiger partial charge in [0.15, 0.2) is 0 Å². The van der Waals surface area contributed by atoms with Gasteiger partial charge in [0.05, 0.1) is 38.9 Å². The molecule has 0 aromatic heterocycles. The Balaban J connectivity index is 1.55. The van der Waals surface area contributed by atoms with Gasteiger partial charge in [-0.05, 0) is 23.1 Å². The maximum absolute atomic E-state index is 9.59. The van der Waals surface area contributed by atoms with Gasteiger partial charge in [0, 0.05) is 0 Å². The lowest BCUT2D eigenvalue weighted by Gasteiger charge is -2.37. The highest BCUT2D eigenvalue weighted by Gasteiger charge is 2.57. The highest BCUT2D eigenvalue weighted by molar-refractivity contribution is 5.17. The van der Waals surface area contributed by atoms with Gasteiger partial charge in [0.2, 0.25) is 0 Å². The van der Waals surface area contributed by atoms with Crippen molar-refractivity contribution in [3.63, 3.8) is 0 Å². The van der Waals surface area contributed by atoms with Crippen LogP contribution in [0.15, 0.2) is 91.0 Å². The maximum Gasteiger partial charge on any atom is 0.124 e. The second-order valence-corrected chi connectivity index (χ2v) is 8.83. The predicted molar refractivity (Wildman–Crippen MR) is 134 cm³/mol. The molecule has 5 heteroatoms. The first kappa shape index (κ1) is 25.1. The molecule has 4 unspecified atom stereocenters. The summed E-state index contributed by atoms with van der Waals surface area (Å²) in [4.78, 5) is 0. The van der Waals surface area contributed by atoms with E-state index >= 15 is 0 Å². The highest BCUT2D eigenvalue weighted by atomic mass is 16.6. The van der Waals surface area contributed by atoms with Crippen molar-refractivity contribution in [1.82, 2.24) is 0 Å². The Kier molecular flexibility index (Phi) is 9.05. The Morgan fingerprint density at radius 3 is 1.89 bits per heavy atom. The third-order valence-corrected chi connectivity index (χ3v) is 6.55. The van der Waals surface area contributed by atoms with Crippen LogP contribution < -0.4 is 0 Å². The Bertz CT molecular complexity index is 1050. The molecule has 3 aromatic carbocycles. The number of hydrogen-bond acceptors (Lipinski definition) is 5. The van der Waals surface area contributed by atoms with Crippen molar-refractivity contribution in [2.75, 3.05) is 6.61 Å². The first-order valence-electron chi connectivity index (χ1n) is 12.2. The molecule has 0 radical (unpaired) electrons. The number of benzene rings is 3. The molecule has 1 fully saturated rings. The van der Waals surface area contributed by atoms with Crippen molar-refractivity contribution in [1.29, 1.82) is 5.26 Å². The molecule has 0 bridgehead atoms. The smallest absolute Gasteiger partial charge is 0.124 e. The topological polar surface area (TPSA) is 60.7 Å². The highest BCUT2D eigenvalue weighted by Crippen LogP contribution is 2.42. The lowest BCUT2D eigenvalue weighted by Crippen LogP contribution is -2.51. The van der Waals surface area contributed by atoms with Crippen LogP contribution in [-0.4, -0.2) is 30.5 Å². The minimum Gasteiger partial charge on any atom is -0.374 e. The summed E-state index contributed by atoms with van der Waals surface area (Å²) in [6.45, 7) is 3.76. The van der Waals surface area contributed by atoms with Crippen molar-refractivity contribution in [2.45, 2.75) is 63.5 Å². The van der Waals surface area contributed by atoms with Crippen LogP contribution in [0, 0.1) is 11.3 Å². The Labute approximate surface area is 208 Å². The van der Waals surface area contributed by atoms with Crippen molar-refractivity contribution >= 4 is 0 Å². The fourth-order valence-electron chi connectivity index (χ4n) is 4.70. The summed E-state index contributed by atoms with van der Waals surface area (Å²) in [6, 6.07) is 32.5. The summed E-state index contributed by atoms with van der Waals surface area (Å²) in [5.41, 5.74) is 2.49. The fourth-order valence-corrected chi connectivity index (χ4v) is 4.70. The molecule has 1 aliphatic heterocycles. The summed E-state index contributed by atoms with van der Waals surface area (Å²) in [5.74, 6) is 0. The predicted octanol–water partition coefficient (Wildman–Crippen LogP) is 5.84. The van der Waals surface area contributed by atoms with E-state index in [1.54, 1.807) is 0 Å². The van der Waals surface area contributed by atoms with Crippen LogP contribution in [0.2, 0.25) is 0 Å². The van der Waals surface area contributed by atoms with Crippen LogP contribution >= 0.6 is 0 Å². The largest absolute Gasteiger partial charge is 0.374 e. The van der Waals surface area contributed by atoms with Crippen LogP contribution in [-0.2, 0) is 38.8 Å². The Morgan fingerprint density at radius 2 is 1.34 bits per heavy atom. The zero-order valence-electron chi connectivity index (χ0n) is 20.2. The van der Waals surface area contributed by atoms with Crippen LogP contribution in [0.5, 0.6) is 0 Å². The maximum atomic E-state index is 9.59. The van der Waals surface area contributed by atoms with E-state index in [2.05, 4.69) is 13.0 Å². The zero-order chi connectivity index (χ0) is 24.3. The second kappa shape index (κ2) is 12.6. The van der Waals surface area contributed by atoms with Gasteiger partial charge in [0.25, 0.3) is 0 Å². The van der Waals surface area contributed by atoms with E-state index in [0.717, 1.165) is 16.7 Å². The van der Waals surface area contributed by atoms with E-state index in [0.29, 0.717) is 32.8 Å². The molecule has 1 aliphatic rings. The van der Waals surface area contributed by atoms with E-state index in [1.807, 2.05) is 91.0 Å². The Morgan fingerprint density at radius 1 is 0.800 bits per heavy atom. The molecule has 0 amide bonds. The molecule has 0 N–H and O–H groups in total. The van der Waals surface area contributed by atoms with E-state index < -0.39 is 11.7 Å². The van der Waals surface area contributed by atoms with E-state index in [4.69, 9.17) is 18.9 Å². The number of nitriles is 1. The summed E-state index contributed by atoms with van der Waals surface area (Å²) in [6.07, 6.45) is -0.265. The van der Waals surface area contributed by atoms with Crippen LogP contribution in [0.3, 0.4) is 0 Å². The monoisotopic (exact) mass is 471 g/mol.